The second-order valence-electron chi connectivity index (χ2n) is 27.3. The second kappa shape index (κ2) is 21.5. The van der Waals surface area contributed by atoms with Gasteiger partial charge in [0.25, 0.3) is 0 Å². The fourth-order valence-corrected chi connectivity index (χ4v) is 15.4. The first kappa shape index (κ1) is 57.1. The number of aryl methyl sites for hydroxylation is 1. The number of hydrogen-bond donors (Lipinski definition) is 0. The van der Waals surface area contributed by atoms with E-state index < -0.39 is 0 Å². The Kier molecular flexibility index (Phi) is 14.3. The Hall–Kier alpha value is -7.97. The SMILES string of the molecule is Cc1ccc(N(c2ccc(C(C)(C)C)cc2)c2cc3ccccc3c3ccccc23)cc1N(c1ccc(C(C)(C)C)cc1-c1ccccc1)c1cccc(N(c2ccc(C(C)(C)C)cc2)c2c(I)sc3cc4c(cc23)-c2ccccc2C4(C)C)c1C. The van der Waals surface area contributed by atoms with Crippen molar-refractivity contribution in [3.05, 3.63) is 266 Å². The summed E-state index contributed by atoms with van der Waals surface area (Å²) in [5.41, 5.74) is 23.8. The minimum Gasteiger partial charge on any atom is -0.310 e. The van der Waals surface area contributed by atoms with Gasteiger partial charge in [-0.15, -0.1) is 11.3 Å². The van der Waals surface area contributed by atoms with Crippen molar-refractivity contribution in [2.24, 2.45) is 0 Å². The van der Waals surface area contributed by atoms with Gasteiger partial charge < -0.3 is 14.7 Å². The molecular formula is C81H76IN3S. The molecule has 0 saturated carbocycles. The van der Waals surface area contributed by atoms with Gasteiger partial charge in [-0.1, -0.05) is 222 Å². The van der Waals surface area contributed by atoms with Crippen LogP contribution in [-0.4, -0.2) is 0 Å². The fourth-order valence-electron chi connectivity index (χ4n) is 13.2. The monoisotopic (exact) mass is 1250 g/mol. The van der Waals surface area contributed by atoms with Crippen LogP contribution in [0.3, 0.4) is 0 Å². The van der Waals surface area contributed by atoms with Crippen LogP contribution in [0.5, 0.6) is 0 Å². The van der Waals surface area contributed by atoms with E-state index in [-0.39, 0.29) is 21.7 Å². The van der Waals surface area contributed by atoms with Crippen molar-refractivity contribution < 1.29 is 0 Å². The summed E-state index contributed by atoms with van der Waals surface area (Å²) < 4.78 is 2.55. The Labute approximate surface area is 527 Å². The molecule has 5 heteroatoms. The summed E-state index contributed by atoms with van der Waals surface area (Å²) in [6, 6.07) is 85.1. The summed E-state index contributed by atoms with van der Waals surface area (Å²) in [7, 11) is 0. The Morgan fingerprint density at radius 1 is 0.372 bits per heavy atom. The van der Waals surface area contributed by atoms with E-state index in [0.29, 0.717) is 0 Å². The third-order valence-electron chi connectivity index (χ3n) is 18.2. The van der Waals surface area contributed by atoms with E-state index in [1.54, 1.807) is 0 Å². The molecule has 0 unspecified atom stereocenters. The van der Waals surface area contributed by atoms with Gasteiger partial charge in [-0.3, -0.25) is 0 Å². The number of fused-ring (bicyclic) bond motifs is 7. The molecule has 0 bridgehead atoms. The molecule has 3 nitrogen and oxygen atoms in total. The largest absolute Gasteiger partial charge is 0.310 e. The molecule has 428 valence electrons. The van der Waals surface area contributed by atoms with Crippen LogP contribution in [-0.2, 0) is 21.7 Å². The zero-order valence-electron chi connectivity index (χ0n) is 52.0. The molecule has 11 aromatic carbocycles. The molecule has 12 aromatic rings. The predicted octanol–water partition coefficient (Wildman–Crippen LogP) is 24.7. The number of rotatable bonds is 10. The zero-order chi connectivity index (χ0) is 60.2. The number of hydrogen-bond acceptors (Lipinski definition) is 4. The van der Waals surface area contributed by atoms with Crippen LogP contribution in [0.4, 0.5) is 51.2 Å². The van der Waals surface area contributed by atoms with Gasteiger partial charge in [-0.25, -0.2) is 0 Å². The summed E-state index contributed by atoms with van der Waals surface area (Å²) >= 11 is 4.53. The van der Waals surface area contributed by atoms with Gasteiger partial charge in [0, 0.05) is 43.5 Å². The van der Waals surface area contributed by atoms with Crippen molar-refractivity contribution >= 4 is 117 Å². The number of halogens is 1. The highest BCUT2D eigenvalue weighted by molar-refractivity contribution is 14.1. The molecule has 0 radical (unpaired) electrons. The van der Waals surface area contributed by atoms with Crippen molar-refractivity contribution in [1.29, 1.82) is 0 Å². The van der Waals surface area contributed by atoms with E-state index >= 15 is 0 Å². The molecule has 0 atom stereocenters. The smallest absolute Gasteiger partial charge is 0.0906 e. The lowest BCUT2D eigenvalue weighted by Crippen LogP contribution is -2.19. The van der Waals surface area contributed by atoms with Crippen molar-refractivity contribution in [1.82, 2.24) is 0 Å². The zero-order valence-corrected chi connectivity index (χ0v) is 55.0. The molecule has 1 aliphatic rings. The summed E-state index contributed by atoms with van der Waals surface area (Å²) in [4.78, 5) is 7.64. The lowest BCUT2D eigenvalue weighted by molar-refractivity contribution is 0.590. The molecule has 1 aromatic heterocycles. The lowest BCUT2D eigenvalue weighted by atomic mass is 9.82. The molecule has 1 aliphatic carbocycles. The van der Waals surface area contributed by atoms with Gasteiger partial charge >= 0.3 is 0 Å². The van der Waals surface area contributed by atoms with Crippen molar-refractivity contribution in [2.75, 3.05) is 14.7 Å². The number of nitrogens with zero attached hydrogens (tertiary/aromatic N) is 3. The van der Waals surface area contributed by atoms with Crippen LogP contribution in [0.25, 0.3) is 53.9 Å². The first-order valence-electron chi connectivity index (χ1n) is 30.3. The highest BCUT2D eigenvalue weighted by atomic mass is 127. The van der Waals surface area contributed by atoms with E-state index in [2.05, 4.69) is 352 Å². The standard InChI is InChI=1S/C81H76IN3S/c1-51-34-40-60(83(58-41-35-55(36-42-58)78(3,4)5)74-46-54-26-17-18-27-61(54)62-28-19-20-30-64(62)74)48-73(51)85(72-45-39-57(80(9,10)11)47-65(72)53-24-15-14-16-25-53)71-33-23-32-70(52(71)2)84(59-43-37-56(38-44-59)79(6,7)8)76-67-49-66-63-29-21-22-31-68(63)81(12,13)69(66)50-75(67)86-77(76)82/h14-50H,1-13H3. The Morgan fingerprint density at radius 3 is 1.59 bits per heavy atom. The van der Waals surface area contributed by atoms with Crippen LogP contribution >= 0.6 is 33.9 Å². The number of thiophene rings is 1. The van der Waals surface area contributed by atoms with Gasteiger partial charge in [-0.05, 0) is 203 Å². The van der Waals surface area contributed by atoms with Gasteiger partial charge in [0.2, 0.25) is 0 Å². The molecule has 0 fully saturated rings. The van der Waals surface area contributed by atoms with Crippen molar-refractivity contribution in [3.63, 3.8) is 0 Å². The summed E-state index contributed by atoms with van der Waals surface area (Å²) in [6.07, 6.45) is 0. The molecule has 13 rings (SSSR count). The van der Waals surface area contributed by atoms with Crippen LogP contribution < -0.4 is 14.7 Å². The second-order valence-corrected chi connectivity index (χ2v) is 30.2. The minimum atomic E-state index is -0.108. The molecule has 0 aliphatic heterocycles. The fraction of sp³-hybridized carbons (Fsp3) is 0.210. The first-order valence-corrected chi connectivity index (χ1v) is 32.2. The van der Waals surface area contributed by atoms with Crippen LogP contribution in [0, 0.1) is 16.7 Å². The van der Waals surface area contributed by atoms with E-state index in [1.807, 2.05) is 11.3 Å². The Morgan fingerprint density at radius 2 is 0.930 bits per heavy atom. The van der Waals surface area contributed by atoms with Crippen LogP contribution in [0.1, 0.15) is 115 Å². The maximum Gasteiger partial charge on any atom is 0.0906 e. The van der Waals surface area contributed by atoms with Crippen LogP contribution in [0.15, 0.2) is 224 Å². The quantitative estimate of drug-likeness (QED) is 0.0998. The van der Waals surface area contributed by atoms with E-state index in [1.165, 1.54) is 90.3 Å². The van der Waals surface area contributed by atoms with Gasteiger partial charge in [0.15, 0.2) is 0 Å². The summed E-state index contributed by atoms with van der Waals surface area (Å²) in [6.45, 7) is 30.2. The summed E-state index contributed by atoms with van der Waals surface area (Å²) in [5, 5.41) is 6.14. The van der Waals surface area contributed by atoms with Crippen molar-refractivity contribution in [2.45, 2.75) is 112 Å². The molecule has 0 spiro atoms. The third-order valence-corrected chi connectivity index (χ3v) is 20.3. The van der Waals surface area contributed by atoms with Gasteiger partial charge in [0.1, 0.15) is 0 Å². The lowest BCUT2D eigenvalue weighted by Gasteiger charge is -2.35. The van der Waals surface area contributed by atoms with Crippen molar-refractivity contribution in [3.8, 4) is 22.3 Å². The molecule has 0 saturated heterocycles. The maximum absolute atomic E-state index is 2.64. The predicted molar refractivity (Wildman–Crippen MR) is 382 cm³/mol. The summed E-state index contributed by atoms with van der Waals surface area (Å²) in [5.74, 6) is 0. The molecule has 0 N–H and O–H groups in total. The average Bonchev–Trinajstić information content (AvgIpc) is 2.78. The molecular weight excluding hydrogens is 1170 g/mol. The highest BCUT2D eigenvalue weighted by Crippen LogP contribution is 2.56. The Balaban J connectivity index is 1.09. The van der Waals surface area contributed by atoms with Crippen LogP contribution in [0.2, 0.25) is 0 Å². The first-order chi connectivity index (χ1) is 41.1. The topological polar surface area (TPSA) is 9.72 Å². The normalized spacial score (nSPS) is 13.1. The maximum atomic E-state index is 2.64. The molecule has 86 heavy (non-hydrogen) atoms. The minimum absolute atomic E-state index is 0.00830. The molecule has 1 heterocycles. The highest BCUT2D eigenvalue weighted by Gasteiger charge is 2.37. The van der Waals surface area contributed by atoms with Gasteiger partial charge in [0.05, 0.1) is 37.0 Å². The van der Waals surface area contributed by atoms with E-state index in [9.17, 15) is 0 Å². The average molecular weight is 1250 g/mol. The van der Waals surface area contributed by atoms with E-state index in [4.69, 9.17) is 0 Å². The number of benzene rings is 11. The third kappa shape index (κ3) is 9.99. The number of anilines is 9. The van der Waals surface area contributed by atoms with Gasteiger partial charge in [-0.2, -0.15) is 0 Å². The van der Waals surface area contributed by atoms with E-state index in [0.717, 1.165) is 56.6 Å². The molecule has 0 amide bonds. The Bertz CT molecular complexity index is 4590.